The summed E-state index contributed by atoms with van der Waals surface area (Å²) in [6, 6.07) is 5.12. The van der Waals surface area contributed by atoms with Crippen LogP contribution in [0.25, 0.3) is 0 Å². The molecule has 0 aromatic heterocycles. The lowest BCUT2D eigenvalue weighted by molar-refractivity contribution is 0.175. The second-order valence-corrected chi connectivity index (χ2v) is 6.93. The zero-order valence-corrected chi connectivity index (χ0v) is 13.8. The lowest BCUT2D eigenvalue weighted by Gasteiger charge is -2.32. The maximum atomic E-state index is 13.4. The van der Waals surface area contributed by atoms with Gasteiger partial charge in [-0.1, -0.05) is 31.5 Å². The summed E-state index contributed by atoms with van der Waals surface area (Å²) in [6.45, 7) is 9.71. The van der Waals surface area contributed by atoms with Crippen molar-refractivity contribution in [2.75, 3.05) is 26.2 Å². The topological polar surface area (TPSA) is 15.3 Å². The molecule has 4 heteroatoms. The molecule has 0 aliphatic carbocycles. The van der Waals surface area contributed by atoms with Gasteiger partial charge in [0.05, 0.1) is 5.02 Å². The molecule has 0 spiro atoms. The van der Waals surface area contributed by atoms with Crippen LogP contribution in [-0.4, -0.2) is 31.1 Å². The Balaban J connectivity index is 1.72. The molecule has 0 bridgehead atoms. The number of rotatable bonds is 6. The first-order chi connectivity index (χ1) is 10.0. The highest BCUT2D eigenvalue weighted by Crippen LogP contribution is 2.20. The van der Waals surface area contributed by atoms with Crippen molar-refractivity contribution in [2.45, 2.75) is 33.2 Å². The van der Waals surface area contributed by atoms with Crippen LogP contribution in [0, 0.1) is 17.7 Å². The van der Waals surface area contributed by atoms with E-state index in [-0.39, 0.29) is 10.8 Å². The highest BCUT2D eigenvalue weighted by molar-refractivity contribution is 6.30. The molecular weight excluding hydrogens is 287 g/mol. The van der Waals surface area contributed by atoms with E-state index in [0.29, 0.717) is 5.92 Å². The molecule has 0 amide bonds. The smallest absolute Gasteiger partial charge is 0.142 e. The Morgan fingerprint density at radius 1 is 1.33 bits per heavy atom. The lowest BCUT2D eigenvalue weighted by Crippen LogP contribution is -2.37. The van der Waals surface area contributed by atoms with Crippen molar-refractivity contribution in [1.29, 1.82) is 0 Å². The molecule has 1 N–H and O–H groups in total. The van der Waals surface area contributed by atoms with Gasteiger partial charge in [0.25, 0.3) is 0 Å². The molecule has 0 radical (unpaired) electrons. The van der Waals surface area contributed by atoms with Crippen molar-refractivity contribution in [2.24, 2.45) is 11.8 Å². The van der Waals surface area contributed by atoms with Crippen molar-refractivity contribution in [3.8, 4) is 0 Å². The van der Waals surface area contributed by atoms with Gasteiger partial charge >= 0.3 is 0 Å². The molecule has 21 heavy (non-hydrogen) atoms. The maximum absolute atomic E-state index is 13.4. The number of piperidine rings is 1. The van der Waals surface area contributed by atoms with E-state index in [2.05, 4.69) is 24.1 Å². The van der Waals surface area contributed by atoms with Gasteiger partial charge in [0.15, 0.2) is 0 Å². The minimum absolute atomic E-state index is 0.202. The number of nitrogens with zero attached hydrogens (tertiary/aromatic N) is 1. The van der Waals surface area contributed by atoms with Crippen LogP contribution in [0.5, 0.6) is 0 Å². The average molecular weight is 313 g/mol. The van der Waals surface area contributed by atoms with E-state index in [1.165, 1.54) is 12.8 Å². The molecular formula is C17H26ClFN2. The van der Waals surface area contributed by atoms with E-state index in [4.69, 9.17) is 11.6 Å². The van der Waals surface area contributed by atoms with E-state index in [1.54, 1.807) is 12.1 Å². The number of hydrogen-bond acceptors (Lipinski definition) is 2. The number of halogens is 2. The van der Waals surface area contributed by atoms with Gasteiger partial charge in [-0.2, -0.15) is 0 Å². The fraction of sp³-hybridized carbons (Fsp3) is 0.647. The summed E-state index contributed by atoms with van der Waals surface area (Å²) in [5, 5.41) is 3.75. The molecule has 118 valence electrons. The van der Waals surface area contributed by atoms with Gasteiger partial charge in [-0.15, -0.1) is 0 Å². The standard InChI is InChI=1S/C17H26ClFN2/c1-13(2)10-20-11-14-5-7-21(8-6-14)12-15-3-4-16(18)17(19)9-15/h3-4,9,13-14,20H,5-8,10-12H2,1-2H3. The molecule has 1 heterocycles. The summed E-state index contributed by atoms with van der Waals surface area (Å²) in [4.78, 5) is 2.40. The third-order valence-corrected chi connectivity index (χ3v) is 4.39. The predicted molar refractivity (Wildman–Crippen MR) is 87.1 cm³/mol. The number of hydrogen-bond donors (Lipinski definition) is 1. The Bertz CT molecular complexity index is 442. The van der Waals surface area contributed by atoms with Gasteiger partial charge in [-0.25, -0.2) is 4.39 Å². The Labute approximate surface area is 132 Å². The first-order valence-corrected chi connectivity index (χ1v) is 8.29. The quantitative estimate of drug-likeness (QED) is 0.856. The summed E-state index contributed by atoms with van der Waals surface area (Å²) in [5.41, 5.74) is 1.01. The summed E-state index contributed by atoms with van der Waals surface area (Å²) < 4.78 is 13.4. The molecule has 1 fully saturated rings. The Morgan fingerprint density at radius 2 is 2.05 bits per heavy atom. The minimum atomic E-state index is -0.318. The van der Waals surface area contributed by atoms with Crippen molar-refractivity contribution < 1.29 is 4.39 Å². The first-order valence-electron chi connectivity index (χ1n) is 7.91. The van der Waals surface area contributed by atoms with Crippen molar-refractivity contribution >= 4 is 11.6 Å². The number of benzene rings is 1. The van der Waals surface area contributed by atoms with Gasteiger partial charge < -0.3 is 5.32 Å². The van der Waals surface area contributed by atoms with Crippen LogP contribution in [0.3, 0.4) is 0 Å². The molecule has 1 aliphatic heterocycles. The second-order valence-electron chi connectivity index (χ2n) is 6.52. The summed E-state index contributed by atoms with van der Waals surface area (Å²) in [6.07, 6.45) is 2.45. The largest absolute Gasteiger partial charge is 0.316 e. The predicted octanol–water partition coefficient (Wildman–Crippen LogP) is 3.94. The fourth-order valence-electron chi connectivity index (χ4n) is 2.82. The van der Waals surface area contributed by atoms with Crippen LogP contribution < -0.4 is 5.32 Å². The number of likely N-dealkylation sites (tertiary alicyclic amines) is 1. The van der Waals surface area contributed by atoms with Crippen LogP contribution in [0.1, 0.15) is 32.3 Å². The normalized spacial score (nSPS) is 17.6. The second kappa shape index (κ2) is 8.11. The first kappa shape index (κ1) is 16.7. The average Bonchev–Trinajstić information content (AvgIpc) is 2.44. The zero-order valence-electron chi connectivity index (χ0n) is 13.0. The molecule has 1 aromatic rings. The van der Waals surface area contributed by atoms with Crippen molar-refractivity contribution in [3.05, 3.63) is 34.6 Å². The molecule has 2 nitrogen and oxygen atoms in total. The summed E-state index contributed by atoms with van der Waals surface area (Å²) >= 11 is 5.72. The van der Waals surface area contributed by atoms with Gasteiger partial charge in [0.1, 0.15) is 5.82 Å². The SMILES string of the molecule is CC(C)CNCC1CCN(Cc2ccc(Cl)c(F)c2)CC1. The van der Waals surface area contributed by atoms with Gasteiger partial charge in [0, 0.05) is 6.54 Å². The Kier molecular flexibility index (Phi) is 6.46. The zero-order chi connectivity index (χ0) is 15.2. The molecule has 2 rings (SSSR count). The van der Waals surface area contributed by atoms with Crippen LogP contribution in [-0.2, 0) is 6.54 Å². The van der Waals surface area contributed by atoms with E-state index < -0.39 is 0 Å². The van der Waals surface area contributed by atoms with Crippen LogP contribution in [0.4, 0.5) is 4.39 Å². The van der Waals surface area contributed by atoms with E-state index in [0.717, 1.165) is 44.2 Å². The fourth-order valence-corrected chi connectivity index (χ4v) is 2.94. The molecule has 0 saturated carbocycles. The molecule has 0 atom stereocenters. The van der Waals surface area contributed by atoms with Crippen molar-refractivity contribution in [3.63, 3.8) is 0 Å². The third kappa shape index (κ3) is 5.57. The summed E-state index contributed by atoms with van der Waals surface area (Å²) in [5.74, 6) is 1.17. The third-order valence-electron chi connectivity index (χ3n) is 4.08. The minimum Gasteiger partial charge on any atom is -0.316 e. The molecule has 1 saturated heterocycles. The monoisotopic (exact) mass is 312 g/mol. The van der Waals surface area contributed by atoms with Gasteiger partial charge in [-0.3, -0.25) is 4.90 Å². The van der Waals surface area contributed by atoms with E-state index in [1.807, 2.05) is 6.07 Å². The summed E-state index contributed by atoms with van der Waals surface area (Å²) in [7, 11) is 0. The van der Waals surface area contributed by atoms with E-state index in [9.17, 15) is 4.39 Å². The lowest BCUT2D eigenvalue weighted by atomic mass is 9.96. The van der Waals surface area contributed by atoms with Gasteiger partial charge in [0.2, 0.25) is 0 Å². The highest BCUT2D eigenvalue weighted by atomic mass is 35.5. The highest BCUT2D eigenvalue weighted by Gasteiger charge is 2.19. The maximum Gasteiger partial charge on any atom is 0.142 e. The molecule has 1 aromatic carbocycles. The molecule has 1 aliphatic rings. The van der Waals surface area contributed by atoms with E-state index >= 15 is 0 Å². The van der Waals surface area contributed by atoms with Crippen LogP contribution in [0.15, 0.2) is 18.2 Å². The van der Waals surface area contributed by atoms with Crippen molar-refractivity contribution in [1.82, 2.24) is 10.2 Å². The molecule has 0 unspecified atom stereocenters. The Hall–Kier alpha value is -0.640. The van der Waals surface area contributed by atoms with Gasteiger partial charge in [-0.05, 0) is 68.6 Å². The van der Waals surface area contributed by atoms with Crippen LogP contribution in [0.2, 0.25) is 5.02 Å². The Morgan fingerprint density at radius 3 is 2.67 bits per heavy atom. The van der Waals surface area contributed by atoms with Crippen LogP contribution >= 0.6 is 11.6 Å². The number of nitrogens with one attached hydrogen (secondary N) is 1.